The third-order valence-corrected chi connectivity index (χ3v) is 3.48. The number of hydrogen-bond acceptors (Lipinski definition) is 3. The zero-order valence-corrected chi connectivity index (χ0v) is 12.8. The van der Waals surface area contributed by atoms with Crippen LogP contribution < -0.4 is 4.74 Å². The van der Waals surface area contributed by atoms with E-state index >= 15 is 0 Å². The maximum atomic E-state index is 12.1. The lowest BCUT2D eigenvalue weighted by Crippen LogP contribution is -2.29. The highest BCUT2D eigenvalue weighted by molar-refractivity contribution is 5.76. The van der Waals surface area contributed by atoms with Crippen LogP contribution in [0, 0.1) is 0 Å². The van der Waals surface area contributed by atoms with Gasteiger partial charge in [-0.3, -0.25) is 9.59 Å². The molecule has 5 nitrogen and oxygen atoms in total. The number of carbonyl (C=O) groups excluding carboxylic acids is 1. The quantitative estimate of drug-likeness (QED) is 0.799. The fourth-order valence-corrected chi connectivity index (χ4v) is 2.06. The molecule has 0 spiro atoms. The predicted molar refractivity (Wildman–Crippen MR) is 80.5 cm³/mol. The van der Waals surface area contributed by atoms with Gasteiger partial charge in [0.2, 0.25) is 5.91 Å². The maximum absolute atomic E-state index is 12.1. The van der Waals surface area contributed by atoms with E-state index in [1.54, 1.807) is 19.1 Å². The van der Waals surface area contributed by atoms with Crippen molar-refractivity contribution in [3.8, 4) is 5.75 Å². The molecule has 5 heteroatoms. The minimum atomic E-state index is -0.831. The monoisotopic (exact) mass is 293 g/mol. The van der Waals surface area contributed by atoms with Crippen LogP contribution in [0.1, 0.15) is 37.7 Å². The SMILES string of the molecule is COc1ccc(C(C)CC(=O)N(C)CCCC(=O)O)cc1. The third kappa shape index (κ3) is 5.85. The molecule has 1 atom stereocenters. The van der Waals surface area contributed by atoms with Gasteiger partial charge in [0.25, 0.3) is 0 Å². The molecule has 1 aromatic rings. The van der Waals surface area contributed by atoms with Crippen LogP contribution in [0.25, 0.3) is 0 Å². The van der Waals surface area contributed by atoms with Crippen molar-refractivity contribution in [2.75, 3.05) is 20.7 Å². The molecule has 0 aliphatic heterocycles. The number of methoxy groups -OCH3 is 1. The Morgan fingerprint density at radius 1 is 1.29 bits per heavy atom. The van der Waals surface area contributed by atoms with Gasteiger partial charge in [-0.15, -0.1) is 0 Å². The second-order valence-electron chi connectivity index (χ2n) is 5.19. The molecule has 0 radical (unpaired) electrons. The highest BCUT2D eigenvalue weighted by Gasteiger charge is 2.15. The first-order valence-electron chi connectivity index (χ1n) is 7.03. The molecule has 0 saturated carbocycles. The average Bonchev–Trinajstić information content (AvgIpc) is 2.46. The van der Waals surface area contributed by atoms with E-state index < -0.39 is 5.97 Å². The maximum Gasteiger partial charge on any atom is 0.303 e. The summed E-state index contributed by atoms with van der Waals surface area (Å²) in [5.41, 5.74) is 1.09. The zero-order chi connectivity index (χ0) is 15.8. The number of ether oxygens (including phenoxy) is 1. The fourth-order valence-electron chi connectivity index (χ4n) is 2.06. The average molecular weight is 293 g/mol. The van der Waals surface area contributed by atoms with Crippen LogP contribution in [0.3, 0.4) is 0 Å². The van der Waals surface area contributed by atoms with E-state index in [1.807, 2.05) is 31.2 Å². The Balaban J connectivity index is 2.46. The van der Waals surface area contributed by atoms with Gasteiger partial charge in [0, 0.05) is 26.4 Å². The smallest absolute Gasteiger partial charge is 0.303 e. The normalized spacial score (nSPS) is 11.8. The number of rotatable bonds is 8. The van der Waals surface area contributed by atoms with Crippen molar-refractivity contribution in [1.82, 2.24) is 4.90 Å². The number of carboxylic acid groups (broad SMARTS) is 1. The third-order valence-electron chi connectivity index (χ3n) is 3.48. The van der Waals surface area contributed by atoms with Crippen LogP contribution in [0.4, 0.5) is 0 Å². The second kappa shape index (κ2) is 8.29. The lowest BCUT2D eigenvalue weighted by molar-refractivity contribution is -0.138. The van der Waals surface area contributed by atoms with Crippen LogP contribution in [0.15, 0.2) is 24.3 Å². The number of hydrogen-bond donors (Lipinski definition) is 1. The highest BCUT2D eigenvalue weighted by atomic mass is 16.5. The Kier molecular flexibility index (Phi) is 6.72. The summed E-state index contributed by atoms with van der Waals surface area (Å²) in [6, 6.07) is 7.68. The fraction of sp³-hybridized carbons (Fsp3) is 0.500. The van der Waals surface area contributed by atoms with Gasteiger partial charge in [0.1, 0.15) is 5.75 Å². The van der Waals surface area contributed by atoms with Gasteiger partial charge in [-0.1, -0.05) is 19.1 Å². The Bertz CT molecular complexity index is 470. The molecule has 1 rings (SSSR count). The zero-order valence-electron chi connectivity index (χ0n) is 12.8. The van der Waals surface area contributed by atoms with E-state index in [0.717, 1.165) is 11.3 Å². The molecule has 1 amide bonds. The van der Waals surface area contributed by atoms with E-state index in [-0.39, 0.29) is 18.2 Å². The van der Waals surface area contributed by atoms with Gasteiger partial charge in [-0.25, -0.2) is 0 Å². The number of carboxylic acids is 1. The Labute approximate surface area is 125 Å². The standard InChI is InChI=1S/C16H23NO4/c1-12(13-6-8-14(21-3)9-7-13)11-15(18)17(2)10-4-5-16(19)20/h6-9,12H,4-5,10-11H2,1-3H3,(H,19,20). The molecule has 116 valence electrons. The molecule has 21 heavy (non-hydrogen) atoms. The predicted octanol–water partition coefficient (Wildman–Crippen LogP) is 2.51. The number of amides is 1. The summed E-state index contributed by atoms with van der Waals surface area (Å²) in [5.74, 6) is 0.111. The first-order valence-corrected chi connectivity index (χ1v) is 7.03. The first kappa shape index (κ1) is 17.0. The van der Waals surface area contributed by atoms with Gasteiger partial charge in [-0.05, 0) is 30.0 Å². The molecule has 0 fully saturated rings. The largest absolute Gasteiger partial charge is 0.497 e. The number of benzene rings is 1. The summed E-state index contributed by atoms with van der Waals surface area (Å²) in [5, 5.41) is 8.59. The van der Waals surface area contributed by atoms with Crippen molar-refractivity contribution in [2.45, 2.75) is 32.1 Å². The van der Waals surface area contributed by atoms with Gasteiger partial charge < -0.3 is 14.7 Å². The van der Waals surface area contributed by atoms with Crippen LogP contribution in [-0.2, 0) is 9.59 Å². The van der Waals surface area contributed by atoms with Crippen molar-refractivity contribution in [2.24, 2.45) is 0 Å². The van der Waals surface area contributed by atoms with Gasteiger partial charge in [0.05, 0.1) is 7.11 Å². The molecule has 0 aliphatic rings. The number of carbonyl (C=O) groups is 2. The van der Waals surface area contributed by atoms with E-state index in [4.69, 9.17) is 9.84 Å². The summed E-state index contributed by atoms with van der Waals surface area (Å²) >= 11 is 0. The van der Waals surface area contributed by atoms with Crippen LogP contribution >= 0.6 is 0 Å². The summed E-state index contributed by atoms with van der Waals surface area (Å²) in [6.07, 6.45) is 0.982. The summed E-state index contributed by atoms with van der Waals surface area (Å²) in [6.45, 7) is 2.48. The highest BCUT2D eigenvalue weighted by Crippen LogP contribution is 2.22. The lowest BCUT2D eigenvalue weighted by atomic mass is 9.97. The van der Waals surface area contributed by atoms with Crippen molar-refractivity contribution in [3.63, 3.8) is 0 Å². The lowest BCUT2D eigenvalue weighted by Gasteiger charge is -2.19. The molecule has 0 bridgehead atoms. The van der Waals surface area contributed by atoms with Crippen molar-refractivity contribution in [1.29, 1.82) is 0 Å². The molecular weight excluding hydrogens is 270 g/mol. The molecule has 1 unspecified atom stereocenters. The summed E-state index contributed by atoms with van der Waals surface area (Å²) < 4.78 is 5.11. The molecule has 0 heterocycles. The minimum absolute atomic E-state index is 0.0312. The Hall–Kier alpha value is -2.04. The van der Waals surface area contributed by atoms with Crippen LogP contribution in [0.2, 0.25) is 0 Å². The topological polar surface area (TPSA) is 66.8 Å². The molecule has 0 saturated heterocycles. The Morgan fingerprint density at radius 2 is 1.90 bits per heavy atom. The van der Waals surface area contributed by atoms with Crippen molar-refractivity contribution in [3.05, 3.63) is 29.8 Å². The molecule has 0 aromatic heterocycles. The van der Waals surface area contributed by atoms with Crippen molar-refractivity contribution >= 4 is 11.9 Å². The van der Waals surface area contributed by atoms with Gasteiger partial charge >= 0.3 is 5.97 Å². The summed E-state index contributed by atoms with van der Waals surface area (Å²) in [4.78, 5) is 24.1. The second-order valence-corrected chi connectivity index (χ2v) is 5.19. The van der Waals surface area contributed by atoms with Crippen LogP contribution in [-0.4, -0.2) is 42.6 Å². The van der Waals surface area contributed by atoms with Gasteiger partial charge in [-0.2, -0.15) is 0 Å². The molecular formula is C16H23NO4. The summed E-state index contributed by atoms with van der Waals surface area (Å²) in [7, 11) is 3.33. The van der Waals surface area contributed by atoms with E-state index in [0.29, 0.717) is 19.4 Å². The molecule has 1 aromatic carbocycles. The van der Waals surface area contributed by atoms with E-state index in [2.05, 4.69) is 0 Å². The van der Waals surface area contributed by atoms with E-state index in [1.165, 1.54) is 0 Å². The minimum Gasteiger partial charge on any atom is -0.497 e. The molecule has 1 N–H and O–H groups in total. The van der Waals surface area contributed by atoms with Gasteiger partial charge in [0.15, 0.2) is 0 Å². The number of nitrogens with zero attached hydrogens (tertiary/aromatic N) is 1. The Morgan fingerprint density at radius 3 is 2.43 bits per heavy atom. The van der Waals surface area contributed by atoms with E-state index in [9.17, 15) is 9.59 Å². The first-order chi connectivity index (χ1) is 9.93. The molecule has 0 aliphatic carbocycles. The van der Waals surface area contributed by atoms with Crippen LogP contribution in [0.5, 0.6) is 5.75 Å². The van der Waals surface area contributed by atoms with Crippen molar-refractivity contribution < 1.29 is 19.4 Å². The number of aliphatic carboxylic acids is 1.